The van der Waals surface area contributed by atoms with Crippen LogP contribution in [0, 0.1) is 0 Å². The molecule has 3 atom stereocenters. The number of hydrogen-bond donors (Lipinski definition) is 3. The third-order valence-corrected chi connectivity index (χ3v) is 4.78. The third-order valence-electron chi connectivity index (χ3n) is 3.69. The molecule has 2 amide bonds. The highest BCUT2D eigenvalue weighted by molar-refractivity contribution is 7.99. The fraction of sp³-hybridized carbons (Fsp3) is 0.857. The molecular formula is C14H26N2O3S. The molecule has 6 heteroatoms. The first-order chi connectivity index (χ1) is 9.55. The van der Waals surface area contributed by atoms with Crippen molar-refractivity contribution in [2.75, 3.05) is 6.26 Å². The van der Waals surface area contributed by atoms with Crippen LogP contribution in [0.1, 0.15) is 51.9 Å². The van der Waals surface area contributed by atoms with Crippen molar-refractivity contribution >= 4 is 23.8 Å². The average Bonchev–Trinajstić information content (AvgIpc) is 2.38. The summed E-state index contributed by atoms with van der Waals surface area (Å²) in [7, 11) is 0. The van der Waals surface area contributed by atoms with Gasteiger partial charge in [-0.2, -0.15) is 11.8 Å². The van der Waals surface area contributed by atoms with Crippen molar-refractivity contribution < 1.29 is 14.7 Å². The zero-order chi connectivity index (χ0) is 15.0. The largest absolute Gasteiger partial charge is 0.481 e. The molecular weight excluding hydrogens is 276 g/mol. The summed E-state index contributed by atoms with van der Waals surface area (Å²) in [6.45, 7) is 1.98. The molecule has 0 aliphatic heterocycles. The van der Waals surface area contributed by atoms with Gasteiger partial charge in [-0.1, -0.05) is 19.8 Å². The van der Waals surface area contributed by atoms with Crippen LogP contribution in [0.3, 0.4) is 0 Å². The average molecular weight is 302 g/mol. The van der Waals surface area contributed by atoms with E-state index in [1.165, 1.54) is 6.42 Å². The molecule has 0 aromatic carbocycles. The second-order valence-electron chi connectivity index (χ2n) is 5.42. The van der Waals surface area contributed by atoms with Crippen molar-refractivity contribution in [3.63, 3.8) is 0 Å². The zero-order valence-electron chi connectivity index (χ0n) is 12.4. The quantitative estimate of drug-likeness (QED) is 0.675. The summed E-state index contributed by atoms with van der Waals surface area (Å²) in [5, 5.41) is 15.2. The molecule has 0 spiro atoms. The van der Waals surface area contributed by atoms with E-state index < -0.39 is 5.97 Å². The van der Waals surface area contributed by atoms with Crippen LogP contribution in [0.5, 0.6) is 0 Å². The molecule has 1 saturated carbocycles. The Hall–Kier alpha value is -0.910. The lowest BCUT2D eigenvalue weighted by Crippen LogP contribution is -2.48. The minimum Gasteiger partial charge on any atom is -0.481 e. The topological polar surface area (TPSA) is 78.4 Å². The van der Waals surface area contributed by atoms with Crippen LogP contribution in [0.25, 0.3) is 0 Å². The Morgan fingerprint density at radius 2 is 2.15 bits per heavy atom. The number of rotatable bonds is 7. The first-order valence-electron chi connectivity index (χ1n) is 7.36. The second kappa shape index (κ2) is 9.10. The molecule has 1 aliphatic carbocycles. The number of amides is 2. The summed E-state index contributed by atoms with van der Waals surface area (Å²) in [6.07, 6.45) is 8.03. The summed E-state index contributed by atoms with van der Waals surface area (Å²) >= 11 is 1.86. The Balaban J connectivity index is 2.38. The van der Waals surface area contributed by atoms with Crippen LogP contribution < -0.4 is 10.6 Å². The van der Waals surface area contributed by atoms with Gasteiger partial charge in [0.25, 0.3) is 0 Å². The summed E-state index contributed by atoms with van der Waals surface area (Å²) in [6, 6.07) is -0.290. The van der Waals surface area contributed by atoms with Gasteiger partial charge in [0.1, 0.15) is 0 Å². The number of carboxylic acids is 1. The number of nitrogens with one attached hydrogen (secondary N) is 2. The molecule has 3 N–H and O–H groups in total. The van der Waals surface area contributed by atoms with Crippen molar-refractivity contribution in [2.24, 2.45) is 0 Å². The fourth-order valence-electron chi connectivity index (χ4n) is 2.69. The normalized spacial score (nSPS) is 23.9. The second-order valence-corrected chi connectivity index (χ2v) is 6.56. The maximum Gasteiger partial charge on any atom is 0.315 e. The highest BCUT2D eigenvalue weighted by atomic mass is 32.2. The number of aliphatic carboxylic acids is 1. The Kier molecular flexibility index (Phi) is 7.80. The van der Waals surface area contributed by atoms with Crippen molar-refractivity contribution in [3.05, 3.63) is 0 Å². The maximum atomic E-state index is 12.0. The Bertz CT molecular complexity index is 326. The van der Waals surface area contributed by atoms with Gasteiger partial charge >= 0.3 is 12.0 Å². The van der Waals surface area contributed by atoms with Gasteiger partial charge in [-0.15, -0.1) is 0 Å². The van der Waals surface area contributed by atoms with Crippen LogP contribution >= 0.6 is 11.8 Å². The Labute approximate surface area is 125 Å². The first kappa shape index (κ1) is 17.1. The molecule has 1 aliphatic rings. The lowest BCUT2D eigenvalue weighted by Gasteiger charge is -2.29. The fourth-order valence-corrected chi connectivity index (χ4v) is 3.51. The molecule has 20 heavy (non-hydrogen) atoms. The van der Waals surface area contributed by atoms with E-state index in [9.17, 15) is 9.59 Å². The Morgan fingerprint density at radius 1 is 1.40 bits per heavy atom. The van der Waals surface area contributed by atoms with Crippen LogP contribution in [-0.2, 0) is 4.79 Å². The SMILES string of the molecule is CCCC(CC(=O)O)NC(=O)NC1CCCC(SC)C1. The van der Waals surface area contributed by atoms with E-state index in [1.807, 2.05) is 18.7 Å². The van der Waals surface area contributed by atoms with Crippen molar-refractivity contribution in [1.29, 1.82) is 0 Å². The van der Waals surface area contributed by atoms with Gasteiger partial charge < -0.3 is 15.7 Å². The number of hydrogen-bond acceptors (Lipinski definition) is 3. The molecule has 3 unspecified atom stereocenters. The standard InChI is InChI=1S/C14H26N2O3S/c1-3-5-10(9-13(17)18)15-14(19)16-11-6-4-7-12(8-11)20-2/h10-12H,3-9H2,1-2H3,(H,17,18)(H2,15,16,19). The summed E-state index contributed by atoms with van der Waals surface area (Å²) in [5.41, 5.74) is 0. The predicted molar refractivity (Wildman–Crippen MR) is 82.2 cm³/mol. The van der Waals surface area contributed by atoms with E-state index in [1.54, 1.807) is 0 Å². The van der Waals surface area contributed by atoms with Crippen molar-refractivity contribution in [1.82, 2.24) is 10.6 Å². The number of urea groups is 1. The van der Waals surface area contributed by atoms with Gasteiger partial charge in [-0.05, 0) is 31.9 Å². The van der Waals surface area contributed by atoms with Crippen molar-refractivity contribution in [3.8, 4) is 0 Å². The molecule has 1 fully saturated rings. The highest BCUT2D eigenvalue weighted by Gasteiger charge is 2.23. The van der Waals surface area contributed by atoms with Gasteiger partial charge in [0.05, 0.1) is 6.42 Å². The van der Waals surface area contributed by atoms with E-state index in [2.05, 4.69) is 16.9 Å². The number of carboxylic acid groups (broad SMARTS) is 1. The summed E-state index contributed by atoms with van der Waals surface area (Å²) < 4.78 is 0. The minimum atomic E-state index is -0.871. The first-order valence-corrected chi connectivity index (χ1v) is 8.65. The number of carbonyl (C=O) groups excluding carboxylic acids is 1. The minimum absolute atomic E-state index is 0.0145. The van der Waals surface area contributed by atoms with E-state index in [0.29, 0.717) is 11.7 Å². The molecule has 0 aromatic heterocycles. The molecule has 0 radical (unpaired) electrons. The molecule has 1 rings (SSSR count). The smallest absolute Gasteiger partial charge is 0.315 e. The number of thioether (sulfide) groups is 1. The van der Waals surface area contributed by atoms with Crippen LogP contribution in [0.4, 0.5) is 4.79 Å². The van der Waals surface area contributed by atoms with Gasteiger partial charge in [-0.25, -0.2) is 4.79 Å². The number of carbonyl (C=O) groups is 2. The van der Waals surface area contributed by atoms with E-state index in [0.717, 1.165) is 25.7 Å². The molecule has 0 saturated heterocycles. The molecule has 0 aromatic rings. The molecule has 5 nitrogen and oxygen atoms in total. The highest BCUT2D eigenvalue weighted by Crippen LogP contribution is 2.26. The maximum absolute atomic E-state index is 12.0. The predicted octanol–water partition coefficient (Wildman–Crippen LogP) is 2.60. The monoisotopic (exact) mass is 302 g/mol. The van der Waals surface area contributed by atoms with E-state index in [-0.39, 0.29) is 24.5 Å². The van der Waals surface area contributed by atoms with E-state index >= 15 is 0 Å². The molecule has 0 heterocycles. The van der Waals surface area contributed by atoms with Gasteiger partial charge in [-0.3, -0.25) is 4.79 Å². The summed E-state index contributed by atoms with van der Waals surface area (Å²) in [5.74, 6) is -0.871. The third kappa shape index (κ3) is 6.50. The Morgan fingerprint density at radius 3 is 2.75 bits per heavy atom. The zero-order valence-corrected chi connectivity index (χ0v) is 13.2. The molecule has 116 valence electrons. The van der Waals surface area contributed by atoms with Crippen molar-refractivity contribution in [2.45, 2.75) is 69.2 Å². The lowest BCUT2D eigenvalue weighted by molar-refractivity contribution is -0.137. The van der Waals surface area contributed by atoms with Gasteiger partial charge in [0.2, 0.25) is 0 Å². The van der Waals surface area contributed by atoms with Gasteiger partial charge in [0.15, 0.2) is 0 Å². The van der Waals surface area contributed by atoms with Gasteiger partial charge in [0, 0.05) is 17.3 Å². The molecule has 0 bridgehead atoms. The van der Waals surface area contributed by atoms with Crippen LogP contribution in [0.2, 0.25) is 0 Å². The lowest BCUT2D eigenvalue weighted by atomic mass is 9.95. The summed E-state index contributed by atoms with van der Waals surface area (Å²) in [4.78, 5) is 22.7. The van der Waals surface area contributed by atoms with Crippen LogP contribution in [0.15, 0.2) is 0 Å². The van der Waals surface area contributed by atoms with Crippen LogP contribution in [-0.4, -0.2) is 40.7 Å². The van der Waals surface area contributed by atoms with E-state index in [4.69, 9.17) is 5.11 Å².